The number of hydrogen-bond acceptors (Lipinski definition) is 6. The Kier molecular flexibility index (Phi) is 5.78. The van der Waals surface area contributed by atoms with Gasteiger partial charge in [-0.3, -0.25) is 4.79 Å². The summed E-state index contributed by atoms with van der Waals surface area (Å²) in [6.45, 7) is -0.261. The third kappa shape index (κ3) is 4.70. The molecule has 8 heteroatoms. The van der Waals surface area contributed by atoms with Crippen LogP contribution in [-0.4, -0.2) is 39.4 Å². The van der Waals surface area contributed by atoms with E-state index >= 15 is 0 Å². The number of carbonyl (C=O) groups excluding carboxylic acids is 1. The van der Waals surface area contributed by atoms with Crippen molar-refractivity contribution in [3.05, 3.63) is 59.4 Å². The molecule has 0 bridgehead atoms. The fraction of sp³-hybridized carbons (Fsp3) is 0.222. The number of ether oxygens (including phenoxy) is 1. The zero-order valence-electron chi connectivity index (χ0n) is 13.7. The molecule has 0 saturated carbocycles. The van der Waals surface area contributed by atoms with Gasteiger partial charge in [0.25, 0.3) is 0 Å². The van der Waals surface area contributed by atoms with E-state index in [-0.39, 0.29) is 30.8 Å². The fourth-order valence-electron chi connectivity index (χ4n) is 2.31. The molecule has 0 radical (unpaired) electrons. The van der Waals surface area contributed by atoms with E-state index in [2.05, 4.69) is 0 Å². The Morgan fingerprint density at radius 3 is 2.31 bits per heavy atom. The van der Waals surface area contributed by atoms with Gasteiger partial charge in [-0.15, -0.1) is 0 Å². The second-order valence-corrected chi connectivity index (χ2v) is 5.85. The fourth-order valence-corrected chi connectivity index (χ4v) is 2.31. The van der Waals surface area contributed by atoms with Gasteiger partial charge < -0.3 is 25.8 Å². The molecule has 2 rings (SSSR count). The van der Waals surface area contributed by atoms with Gasteiger partial charge in [0.1, 0.15) is 11.4 Å². The first-order chi connectivity index (χ1) is 12.2. The van der Waals surface area contributed by atoms with Crippen LogP contribution in [-0.2, 0) is 16.0 Å². The van der Waals surface area contributed by atoms with Crippen molar-refractivity contribution in [3.63, 3.8) is 0 Å². The molecule has 1 atom stereocenters. The van der Waals surface area contributed by atoms with Gasteiger partial charge in [-0.05, 0) is 42.0 Å². The minimum atomic E-state index is -1.74. The van der Waals surface area contributed by atoms with Crippen molar-refractivity contribution < 1.29 is 34.0 Å². The number of aromatic hydroxyl groups is 2. The van der Waals surface area contributed by atoms with Gasteiger partial charge >= 0.3 is 11.9 Å². The van der Waals surface area contributed by atoms with Crippen LogP contribution in [0.2, 0.25) is 0 Å². The number of nitrogens with two attached hydrogens (primary N) is 1. The lowest BCUT2D eigenvalue weighted by molar-refractivity contribution is -0.144. The highest BCUT2D eigenvalue weighted by Gasteiger charge is 2.34. The van der Waals surface area contributed by atoms with Crippen LogP contribution >= 0.6 is 0 Å². The molecule has 2 aromatic carbocycles. The largest absolute Gasteiger partial charge is 0.504 e. The number of phenolic OH excluding ortho intramolecular Hbond substituents is 2. The number of rotatable bonds is 7. The summed E-state index contributed by atoms with van der Waals surface area (Å²) in [4.78, 5) is 23.4. The predicted octanol–water partition coefficient (Wildman–Crippen LogP) is 1.81. The van der Waals surface area contributed by atoms with Crippen molar-refractivity contribution in [3.8, 4) is 11.5 Å². The maximum absolute atomic E-state index is 12.8. The molecule has 0 aliphatic carbocycles. The highest BCUT2D eigenvalue weighted by molar-refractivity contribution is 5.89. The molecular formula is C18H18FNO6. The molecule has 138 valence electrons. The molecule has 0 aliphatic heterocycles. The Hall–Kier alpha value is -3.13. The van der Waals surface area contributed by atoms with Crippen molar-refractivity contribution in [2.24, 2.45) is 5.73 Å². The molecule has 0 amide bonds. The molecule has 0 heterocycles. The summed E-state index contributed by atoms with van der Waals surface area (Å²) < 4.78 is 17.8. The minimum Gasteiger partial charge on any atom is -0.504 e. The summed E-state index contributed by atoms with van der Waals surface area (Å²) in [5.41, 5.74) is 4.71. The van der Waals surface area contributed by atoms with E-state index in [1.807, 2.05) is 0 Å². The molecule has 5 N–H and O–H groups in total. The second kappa shape index (κ2) is 7.83. The molecular weight excluding hydrogens is 345 g/mol. The van der Waals surface area contributed by atoms with E-state index in [0.29, 0.717) is 5.56 Å². The maximum Gasteiger partial charge on any atom is 0.338 e. The zero-order valence-corrected chi connectivity index (χ0v) is 13.7. The number of phenols is 2. The first kappa shape index (κ1) is 19.2. The Morgan fingerprint density at radius 2 is 1.73 bits per heavy atom. The molecule has 0 aliphatic rings. The number of halogens is 1. The molecule has 0 unspecified atom stereocenters. The van der Waals surface area contributed by atoms with Crippen molar-refractivity contribution in [1.82, 2.24) is 0 Å². The van der Waals surface area contributed by atoms with Gasteiger partial charge in [-0.25, -0.2) is 9.18 Å². The summed E-state index contributed by atoms with van der Waals surface area (Å²) in [6, 6.07) is 8.60. The number of carbonyl (C=O) groups is 2. The first-order valence-electron chi connectivity index (χ1n) is 7.67. The molecule has 0 aromatic heterocycles. The Bertz CT molecular complexity index is 808. The smallest absolute Gasteiger partial charge is 0.338 e. The van der Waals surface area contributed by atoms with Gasteiger partial charge in [-0.2, -0.15) is 0 Å². The minimum absolute atomic E-state index is 0.132. The van der Waals surface area contributed by atoms with Crippen molar-refractivity contribution in [2.75, 3.05) is 6.61 Å². The van der Waals surface area contributed by atoms with Gasteiger partial charge in [-0.1, -0.05) is 6.07 Å². The van der Waals surface area contributed by atoms with E-state index < -0.39 is 29.0 Å². The monoisotopic (exact) mass is 363 g/mol. The third-order valence-corrected chi connectivity index (χ3v) is 3.85. The lowest BCUT2D eigenvalue weighted by Gasteiger charge is -2.24. The molecule has 2 aromatic rings. The van der Waals surface area contributed by atoms with E-state index in [1.54, 1.807) is 0 Å². The van der Waals surface area contributed by atoms with E-state index in [4.69, 9.17) is 10.5 Å². The topological polar surface area (TPSA) is 130 Å². The van der Waals surface area contributed by atoms with Gasteiger partial charge in [0.2, 0.25) is 0 Å². The average molecular weight is 363 g/mol. The van der Waals surface area contributed by atoms with Gasteiger partial charge in [0.05, 0.1) is 12.2 Å². The van der Waals surface area contributed by atoms with Crippen LogP contribution < -0.4 is 5.73 Å². The van der Waals surface area contributed by atoms with Gasteiger partial charge in [0.15, 0.2) is 11.5 Å². The second-order valence-electron chi connectivity index (χ2n) is 5.85. The van der Waals surface area contributed by atoms with Crippen LogP contribution in [0.1, 0.15) is 22.3 Å². The van der Waals surface area contributed by atoms with Crippen LogP contribution in [0, 0.1) is 5.82 Å². The molecule has 26 heavy (non-hydrogen) atoms. The van der Waals surface area contributed by atoms with Crippen LogP contribution in [0.4, 0.5) is 4.39 Å². The molecule has 7 nitrogen and oxygen atoms in total. The standard InChI is InChI=1S/C18H18FNO6/c19-13-4-2-12(3-5-13)16(23)26-8-7-18(20,17(24)25)10-11-1-6-14(21)15(22)9-11/h1-6,9,21-22H,7-8,10,20H2,(H,24,25)/t18-/m1/s1. The predicted molar refractivity (Wildman–Crippen MR) is 89.3 cm³/mol. The Labute approximate surface area is 148 Å². The van der Waals surface area contributed by atoms with E-state index in [1.165, 1.54) is 30.3 Å². The normalized spacial score (nSPS) is 13.0. The maximum atomic E-state index is 12.8. The summed E-state index contributed by atoms with van der Waals surface area (Å²) in [7, 11) is 0. The van der Waals surface area contributed by atoms with E-state index in [9.17, 15) is 29.3 Å². The molecule has 0 fully saturated rings. The van der Waals surface area contributed by atoms with Crippen LogP contribution in [0.25, 0.3) is 0 Å². The number of esters is 1. The number of aliphatic carboxylic acids is 1. The highest BCUT2D eigenvalue weighted by Crippen LogP contribution is 2.27. The summed E-state index contributed by atoms with van der Waals surface area (Å²) in [5, 5.41) is 28.2. The lowest BCUT2D eigenvalue weighted by Crippen LogP contribution is -2.50. The van der Waals surface area contributed by atoms with Crippen LogP contribution in [0.3, 0.4) is 0 Å². The Balaban J connectivity index is 2.00. The van der Waals surface area contributed by atoms with Crippen molar-refractivity contribution in [1.29, 1.82) is 0 Å². The number of hydrogen-bond donors (Lipinski definition) is 4. The molecule has 0 spiro atoms. The quantitative estimate of drug-likeness (QED) is 0.436. The zero-order chi connectivity index (χ0) is 19.3. The SMILES string of the molecule is N[C@](CCOC(=O)c1ccc(F)cc1)(Cc1ccc(O)c(O)c1)C(=O)O. The summed E-state index contributed by atoms with van der Waals surface area (Å²) >= 11 is 0. The van der Waals surface area contributed by atoms with Crippen molar-refractivity contribution >= 4 is 11.9 Å². The summed E-state index contributed by atoms with van der Waals surface area (Å²) in [5.74, 6) is -3.24. The highest BCUT2D eigenvalue weighted by atomic mass is 19.1. The number of benzene rings is 2. The first-order valence-corrected chi connectivity index (χ1v) is 7.67. The number of carboxylic acids is 1. The molecule has 0 saturated heterocycles. The lowest BCUT2D eigenvalue weighted by atomic mass is 9.89. The van der Waals surface area contributed by atoms with E-state index in [0.717, 1.165) is 12.1 Å². The van der Waals surface area contributed by atoms with Gasteiger partial charge in [0, 0.05) is 12.8 Å². The number of carboxylic acid groups (broad SMARTS) is 1. The Morgan fingerprint density at radius 1 is 1.08 bits per heavy atom. The van der Waals surface area contributed by atoms with Crippen molar-refractivity contribution in [2.45, 2.75) is 18.4 Å². The summed E-state index contributed by atoms with van der Waals surface area (Å²) in [6.07, 6.45) is -0.332. The average Bonchev–Trinajstić information content (AvgIpc) is 2.58. The van der Waals surface area contributed by atoms with Crippen LogP contribution in [0.5, 0.6) is 11.5 Å². The third-order valence-electron chi connectivity index (χ3n) is 3.85. The van der Waals surface area contributed by atoms with Crippen LogP contribution in [0.15, 0.2) is 42.5 Å².